The van der Waals surface area contributed by atoms with Crippen LogP contribution < -0.4 is 4.74 Å². The number of hydrogen-bond acceptors (Lipinski definition) is 5. The van der Waals surface area contributed by atoms with Crippen molar-refractivity contribution in [3.8, 4) is 11.5 Å². The molecule has 2 rings (SSSR count). The van der Waals surface area contributed by atoms with Gasteiger partial charge in [0.2, 0.25) is 0 Å². The maximum Gasteiger partial charge on any atom is 0.342 e. The largest absolute Gasteiger partial charge is 0.508 e. The van der Waals surface area contributed by atoms with Crippen molar-refractivity contribution in [3.63, 3.8) is 0 Å². The van der Waals surface area contributed by atoms with Crippen molar-refractivity contribution in [2.24, 2.45) is 0 Å². The van der Waals surface area contributed by atoms with Crippen molar-refractivity contribution in [1.29, 1.82) is 5.41 Å². The van der Waals surface area contributed by atoms with Crippen LogP contribution in [-0.2, 0) is 11.2 Å². The molecule has 1 aromatic rings. The summed E-state index contributed by atoms with van der Waals surface area (Å²) in [6, 6.07) is 2.87. The first-order valence-electron chi connectivity index (χ1n) is 8.01. The first kappa shape index (κ1) is 17.8. The lowest BCUT2D eigenvalue weighted by atomic mass is 9.99. The molecule has 2 N–H and O–H groups in total. The average Bonchev–Trinajstić information content (AvgIpc) is 2.52. The van der Waals surface area contributed by atoms with E-state index in [0.717, 1.165) is 12.8 Å². The number of carbonyl (C=O) groups is 1. The maximum atomic E-state index is 12.6. The number of phenolic OH excluding ortho intramolecular Hbond substituents is 1. The topological polar surface area (TPSA) is 79.6 Å². The number of ether oxygens (including phenoxy) is 2. The van der Waals surface area contributed by atoms with E-state index in [0.29, 0.717) is 17.7 Å². The first-order valence-corrected chi connectivity index (χ1v) is 8.01. The molecule has 0 saturated carbocycles. The monoisotopic (exact) mass is 329 g/mol. The molecule has 5 nitrogen and oxygen atoms in total. The van der Waals surface area contributed by atoms with Crippen LogP contribution in [-0.4, -0.2) is 30.0 Å². The number of hydrogen-bond donors (Lipinski definition) is 2. The molecule has 1 aliphatic heterocycles. The van der Waals surface area contributed by atoms with Gasteiger partial charge in [-0.05, 0) is 37.5 Å². The first-order chi connectivity index (χ1) is 11.5. The fraction of sp³-hybridized carbons (Fsp3) is 0.368. The summed E-state index contributed by atoms with van der Waals surface area (Å²) in [5.74, 6) is -0.259. The second-order valence-corrected chi connectivity index (χ2v) is 5.79. The number of esters is 1. The van der Waals surface area contributed by atoms with Crippen LogP contribution in [0.3, 0.4) is 0 Å². The van der Waals surface area contributed by atoms with E-state index < -0.39 is 5.97 Å². The highest BCUT2D eigenvalue weighted by Crippen LogP contribution is 2.30. The zero-order chi connectivity index (χ0) is 17.5. The Morgan fingerprint density at radius 3 is 2.75 bits per heavy atom. The lowest BCUT2D eigenvalue weighted by Crippen LogP contribution is -2.18. The Morgan fingerprint density at radius 1 is 1.25 bits per heavy atom. The number of allylic oxidation sites excluding steroid dienone is 3. The number of carbonyl (C=O) groups excluding carboxylic acids is 1. The van der Waals surface area contributed by atoms with Gasteiger partial charge in [0.25, 0.3) is 0 Å². The number of methoxy groups -OCH3 is 1. The highest BCUT2D eigenvalue weighted by atomic mass is 16.5. The highest BCUT2D eigenvalue weighted by Gasteiger charge is 2.22. The quantitative estimate of drug-likeness (QED) is 0.606. The summed E-state index contributed by atoms with van der Waals surface area (Å²) in [6.45, 7) is 1.84. The molecule has 128 valence electrons. The molecule has 24 heavy (non-hydrogen) atoms. The van der Waals surface area contributed by atoms with E-state index in [-0.39, 0.29) is 29.6 Å². The fourth-order valence-electron chi connectivity index (χ4n) is 2.57. The molecule has 0 amide bonds. The van der Waals surface area contributed by atoms with Gasteiger partial charge in [-0.1, -0.05) is 18.2 Å². The van der Waals surface area contributed by atoms with Crippen molar-refractivity contribution in [1.82, 2.24) is 0 Å². The fourth-order valence-corrected chi connectivity index (χ4v) is 2.57. The van der Waals surface area contributed by atoms with E-state index in [1.54, 1.807) is 6.08 Å². The van der Waals surface area contributed by atoms with Gasteiger partial charge < -0.3 is 20.0 Å². The average molecular weight is 329 g/mol. The molecule has 0 saturated heterocycles. The van der Waals surface area contributed by atoms with E-state index in [1.165, 1.54) is 19.2 Å². The smallest absolute Gasteiger partial charge is 0.342 e. The van der Waals surface area contributed by atoms with Gasteiger partial charge in [0, 0.05) is 24.6 Å². The van der Waals surface area contributed by atoms with Crippen LogP contribution in [0.15, 0.2) is 36.4 Å². The standard InChI is InChI=1S/C19H23NO4/c1-13-8-6-4-3-5-7-9-15(20)10-14-11-16(21)12-17(23-2)18(14)19(22)24-13/h4,6-7,9,11-13,20-21H,3,5,8,10H2,1-2H3/b6-4+,9-7+,20-15?/t13-/m1/s1. The van der Waals surface area contributed by atoms with Crippen LogP contribution in [0, 0.1) is 5.41 Å². The van der Waals surface area contributed by atoms with E-state index >= 15 is 0 Å². The molecular weight excluding hydrogens is 306 g/mol. The SMILES string of the molecule is COc1cc(O)cc2c1C(=O)O[C@H](C)C/C=C/CC/C=C/C(=N)C2. The van der Waals surface area contributed by atoms with Gasteiger partial charge in [-0.15, -0.1) is 0 Å². The van der Waals surface area contributed by atoms with E-state index in [1.807, 2.05) is 19.1 Å². The molecule has 0 aromatic heterocycles. The Hall–Kier alpha value is -2.56. The number of cyclic esters (lactones) is 1. The normalized spacial score (nSPS) is 22.0. The molecule has 1 heterocycles. The zero-order valence-electron chi connectivity index (χ0n) is 14.0. The van der Waals surface area contributed by atoms with E-state index in [4.69, 9.17) is 14.9 Å². The Morgan fingerprint density at radius 2 is 2.00 bits per heavy atom. The minimum Gasteiger partial charge on any atom is -0.508 e. The highest BCUT2D eigenvalue weighted by molar-refractivity contribution is 5.99. The molecule has 5 heteroatoms. The zero-order valence-corrected chi connectivity index (χ0v) is 14.0. The summed E-state index contributed by atoms with van der Waals surface area (Å²) in [5, 5.41) is 17.9. The minimum atomic E-state index is -0.503. The Kier molecular flexibility index (Phi) is 6.18. The predicted octanol–water partition coefficient (Wildman–Crippen LogP) is 3.80. The van der Waals surface area contributed by atoms with Crippen molar-refractivity contribution < 1.29 is 19.4 Å². The van der Waals surface area contributed by atoms with E-state index in [2.05, 4.69) is 6.08 Å². The molecule has 0 radical (unpaired) electrons. The third kappa shape index (κ3) is 4.72. The molecule has 1 aromatic carbocycles. The van der Waals surface area contributed by atoms with Gasteiger partial charge in [-0.25, -0.2) is 4.79 Å². The van der Waals surface area contributed by atoms with Crippen molar-refractivity contribution >= 4 is 11.7 Å². The molecule has 0 spiro atoms. The van der Waals surface area contributed by atoms with Crippen LogP contribution >= 0.6 is 0 Å². The van der Waals surface area contributed by atoms with Gasteiger partial charge in [-0.3, -0.25) is 0 Å². The van der Waals surface area contributed by atoms with Gasteiger partial charge in [0.1, 0.15) is 23.2 Å². The molecule has 1 aliphatic rings. The van der Waals surface area contributed by atoms with Gasteiger partial charge in [0.05, 0.1) is 7.11 Å². The predicted molar refractivity (Wildman–Crippen MR) is 93.1 cm³/mol. The number of fused-ring (bicyclic) bond motifs is 1. The van der Waals surface area contributed by atoms with Crippen LogP contribution in [0.2, 0.25) is 0 Å². The second kappa shape index (κ2) is 8.34. The van der Waals surface area contributed by atoms with Crippen molar-refractivity contribution in [3.05, 3.63) is 47.6 Å². The third-order valence-corrected chi connectivity index (χ3v) is 3.74. The Labute approximate surface area is 142 Å². The summed E-state index contributed by atoms with van der Waals surface area (Å²) in [6.07, 6.45) is 10.1. The number of benzene rings is 1. The maximum absolute atomic E-state index is 12.6. The van der Waals surface area contributed by atoms with E-state index in [9.17, 15) is 9.90 Å². The van der Waals surface area contributed by atoms with Crippen LogP contribution in [0.4, 0.5) is 0 Å². The second-order valence-electron chi connectivity index (χ2n) is 5.79. The number of nitrogens with one attached hydrogen (secondary N) is 1. The van der Waals surface area contributed by atoms with Gasteiger partial charge >= 0.3 is 5.97 Å². The summed E-state index contributed by atoms with van der Waals surface area (Å²) in [7, 11) is 1.44. The Bertz CT molecular complexity index is 676. The summed E-state index contributed by atoms with van der Waals surface area (Å²) >= 11 is 0. The number of phenols is 1. The summed E-state index contributed by atoms with van der Waals surface area (Å²) in [5.41, 5.74) is 1.14. The summed E-state index contributed by atoms with van der Waals surface area (Å²) in [4.78, 5) is 12.6. The van der Waals surface area contributed by atoms with Crippen LogP contribution in [0.25, 0.3) is 0 Å². The summed E-state index contributed by atoms with van der Waals surface area (Å²) < 4.78 is 10.7. The molecule has 0 aliphatic carbocycles. The van der Waals surface area contributed by atoms with Gasteiger partial charge in [-0.2, -0.15) is 0 Å². The van der Waals surface area contributed by atoms with Crippen molar-refractivity contribution in [2.75, 3.05) is 7.11 Å². The van der Waals surface area contributed by atoms with Crippen LogP contribution in [0.5, 0.6) is 11.5 Å². The Balaban J connectivity index is 2.44. The molecule has 0 fully saturated rings. The molecular formula is C19H23NO4. The number of rotatable bonds is 1. The lowest BCUT2D eigenvalue weighted by molar-refractivity contribution is 0.0343. The minimum absolute atomic E-state index is 0.00715. The molecule has 0 bridgehead atoms. The van der Waals surface area contributed by atoms with Gasteiger partial charge in [0.15, 0.2) is 0 Å². The lowest BCUT2D eigenvalue weighted by Gasteiger charge is -2.17. The third-order valence-electron chi connectivity index (χ3n) is 3.74. The molecule has 1 atom stereocenters. The van der Waals surface area contributed by atoms with Crippen molar-refractivity contribution in [2.45, 2.75) is 38.7 Å². The number of aromatic hydroxyl groups is 1. The molecule has 0 unspecified atom stereocenters. The van der Waals surface area contributed by atoms with Crippen LogP contribution in [0.1, 0.15) is 42.1 Å².